The molecule has 162 valence electrons. The number of carbonyl (C=O) groups excluding carboxylic acids is 1. The first-order chi connectivity index (χ1) is 13.2. The summed E-state index contributed by atoms with van der Waals surface area (Å²) in [5.74, 6) is -1.07. The summed E-state index contributed by atoms with van der Waals surface area (Å²) in [6.07, 6.45) is 0. The molecule has 1 aromatic rings. The van der Waals surface area contributed by atoms with Crippen LogP contribution in [0.1, 0.15) is 31.1 Å². The third-order valence-corrected chi connectivity index (χ3v) is 9.63. The van der Waals surface area contributed by atoms with E-state index in [1.54, 1.807) is 0 Å². The van der Waals surface area contributed by atoms with Gasteiger partial charge in [-0.25, -0.2) is 0 Å². The van der Waals surface area contributed by atoms with Crippen LogP contribution < -0.4 is 10.6 Å². The molecule has 0 unspecified atom stereocenters. The molecule has 0 aliphatic heterocycles. The Morgan fingerprint density at radius 3 is 2.14 bits per heavy atom. The second-order valence-corrected chi connectivity index (χ2v) is 12.9. The van der Waals surface area contributed by atoms with Crippen LogP contribution in [0.4, 0.5) is 17.1 Å². The van der Waals surface area contributed by atoms with Crippen molar-refractivity contribution in [1.29, 1.82) is 0 Å². The summed E-state index contributed by atoms with van der Waals surface area (Å²) < 4.78 is 6.08. The van der Waals surface area contributed by atoms with Gasteiger partial charge in [0.15, 0.2) is 8.32 Å². The van der Waals surface area contributed by atoms with Gasteiger partial charge in [-0.05, 0) is 24.2 Å². The van der Waals surface area contributed by atoms with E-state index in [4.69, 9.17) is 10.2 Å². The number of anilines is 1. The molecule has 0 aliphatic rings. The van der Waals surface area contributed by atoms with E-state index >= 15 is 0 Å². The predicted octanol–water partition coefficient (Wildman–Crippen LogP) is 2.42. The molecule has 0 atom stereocenters. The van der Waals surface area contributed by atoms with Gasteiger partial charge < -0.3 is 20.2 Å². The van der Waals surface area contributed by atoms with E-state index in [2.05, 4.69) is 33.9 Å². The highest BCUT2D eigenvalue weighted by Gasteiger charge is 2.37. The average Bonchev–Trinajstić information content (AvgIpc) is 2.58. The van der Waals surface area contributed by atoms with Crippen LogP contribution in [0.5, 0.6) is 0 Å². The number of amides is 1. The summed E-state index contributed by atoms with van der Waals surface area (Å²) >= 11 is 0. The molecule has 11 nitrogen and oxygen atoms in total. The molecule has 0 spiro atoms. The van der Waals surface area contributed by atoms with Gasteiger partial charge in [-0.1, -0.05) is 20.8 Å². The third-order valence-electron chi connectivity index (χ3n) is 5.09. The maximum Gasteiger partial charge on any atom is 0.299 e. The molecule has 3 N–H and O–H groups in total. The summed E-state index contributed by atoms with van der Waals surface area (Å²) in [4.78, 5) is 34.1. The highest BCUT2D eigenvalue weighted by molar-refractivity contribution is 6.74. The Labute approximate surface area is 169 Å². The number of rotatable bonds is 10. The smallest absolute Gasteiger partial charge is 0.299 e. The fourth-order valence-corrected chi connectivity index (χ4v) is 3.45. The number of aliphatic hydroxyl groups is 1. The number of nitro groups is 2. The Hall–Kier alpha value is -2.57. The Bertz CT molecular complexity index is 793. The van der Waals surface area contributed by atoms with E-state index in [-0.39, 0.29) is 37.0 Å². The first-order valence-electron chi connectivity index (χ1n) is 8.99. The largest absolute Gasteiger partial charge is 0.415 e. The van der Waals surface area contributed by atoms with Gasteiger partial charge in [0.1, 0.15) is 11.3 Å². The molecular formula is C17H28N4O7Si. The Morgan fingerprint density at radius 1 is 1.17 bits per heavy atom. The van der Waals surface area contributed by atoms with Crippen LogP contribution in [-0.2, 0) is 4.43 Å². The van der Waals surface area contributed by atoms with Crippen molar-refractivity contribution in [2.45, 2.75) is 38.9 Å². The molecule has 0 saturated carbocycles. The lowest BCUT2D eigenvalue weighted by Crippen LogP contribution is -2.43. The van der Waals surface area contributed by atoms with Gasteiger partial charge in [0.05, 0.1) is 29.1 Å². The van der Waals surface area contributed by atoms with Crippen molar-refractivity contribution in [3.63, 3.8) is 0 Å². The zero-order chi connectivity index (χ0) is 22.6. The van der Waals surface area contributed by atoms with Crippen molar-refractivity contribution < 1.29 is 24.2 Å². The first-order valence-corrected chi connectivity index (χ1v) is 11.9. The van der Waals surface area contributed by atoms with Crippen molar-refractivity contribution in [3.05, 3.63) is 37.9 Å². The summed E-state index contributed by atoms with van der Waals surface area (Å²) in [5, 5.41) is 32.1. The Kier molecular flexibility index (Phi) is 7.83. The number of benzene rings is 1. The summed E-state index contributed by atoms with van der Waals surface area (Å²) in [7, 11) is -2.07. The molecule has 0 bridgehead atoms. The lowest BCUT2D eigenvalue weighted by atomic mass is 10.1. The van der Waals surface area contributed by atoms with Crippen LogP contribution in [0.2, 0.25) is 18.1 Å². The average molecular weight is 429 g/mol. The van der Waals surface area contributed by atoms with Crippen LogP contribution >= 0.6 is 0 Å². The van der Waals surface area contributed by atoms with Gasteiger partial charge in [0.2, 0.25) is 0 Å². The number of nitrogens with zero attached hydrogens (tertiary/aromatic N) is 3. The van der Waals surface area contributed by atoms with Gasteiger partial charge in [0.25, 0.3) is 17.3 Å². The number of hydrogen-bond acceptors (Lipinski definition) is 8. The minimum absolute atomic E-state index is 0.0116. The highest BCUT2D eigenvalue weighted by atomic mass is 28.4. The van der Waals surface area contributed by atoms with E-state index in [1.165, 1.54) is 4.90 Å². The topological polar surface area (TPSA) is 162 Å². The van der Waals surface area contributed by atoms with Crippen molar-refractivity contribution >= 4 is 31.3 Å². The summed E-state index contributed by atoms with van der Waals surface area (Å²) in [5.41, 5.74) is 3.45. The normalized spacial score (nSPS) is 11.9. The van der Waals surface area contributed by atoms with Crippen molar-refractivity contribution in [2.24, 2.45) is 5.73 Å². The van der Waals surface area contributed by atoms with E-state index in [0.717, 1.165) is 6.07 Å². The molecule has 0 saturated heterocycles. The first kappa shape index (κ1) is 24.5. The molecule has 0 radical (unpaired) electrons. The molecule has 0 aliphatic carbocycles. The van der Waals surface area contributed by atoms with E-state index in [0.29, 0.717) is 6.07 Å². The zero-order valence-electron chi connectivity index (χ0n) is 17.3. The van der Waals surface area contributed by atoms with Crippen LogP contribution in [0.3, 0.4) is 0 Å². The number of nitrogens with two attached hydrogens (primary N) is 1. The van der Waals surface area contributed by atoms with E-state index < -0.39 is 41.0 Å². The third kappa shape index (κ3) is 5.95. The predicted molar refractivity (Wildman–Crippen MR) is 111 cm³/mol. The van der Waals surface area contributed by atoms with Gasteiger partial charge in [-0.2, -0.15) is 0 Å². The molecule has 12 heteroatoms. The van der Waals surface area contributed by atoms with E-state index in [1.807, 2.05) is 0 Å². The monoisotopic (exact) mass is 428 g/mol. The fraction of sp³-hybridized carbons (Fsp3) is 0.588. The maximum atomic E-state index is 11.7. The van der Waals surface area contributed by atoms with Crippen molar-refractivity contribution in [2.75, 3.05) is 31.2 Å². The molecule has 1 amide bonds. The zero-order valence-corrected chi connectivity index (χ0v) is 18.3. The van der Waals surface area contributed by atoms with E-state index in [9.17, 15) is 30.1 Å². The molecule has 1 aromatic carbocycles. The standard InChI is InChI=1S/C17H28N4O7Si/c1-17(2,3)29(4,5)28-9-7-19(6-8-22)14-10-12(16(18)23)13(20(24)25)11-15(14)21(26)27/h10-11,22H,6-9H2,1-5H3,(H2,18,23). The van der Waals surface area contributed by atoms with Crippen LogP contribution in [0, 0.1) is 20.2 Å². The highest BCUT2D eigenvalue weighted by Crippen LogP contribution is 2.37. The maximum absolute atomic E-state index is 11.7. The molecule has 29 heavy (non-hydrogen) atoms. The second-order valence-electron chi connectivity index (χ2n) is 8.06. The minimum Gasteiger partial charge on any atom is -0.415 e. The number of aliphatic hydroxyl groups excluding tert-OH is 1. The van der Waals surface area contributed by atoms with Gasteiger partial charge in [0, 0.05) is 13.1 Å². The van der Waals surface area contributed by atoms with Gasteiger partial charge >= 0.3 is 0 Å². The number of nitro benzene ring substituents is 2. The molecular weight excluding hydrogens is 400 g/mol. The summed E-state index contributed by atoms with van der Waals surface area (Å²) in [6.45, 7) is 10.4. The van der Waals surface area contributed by atoms with Crippen molar-refractivity contribution in [3.8, 4) is 0 Å². The molecule has 0 aromatic heterocycles. The Balaban J connectivity index is 3.33. The Morgan fingerprint density at radius 2 is 1.72 bits per heavy atom. The summed E-state index contributed by atoms with van der Waals surface area (Å²) in [6, 6.07) is 1.75. The van der Waals surface area contributed by atoms with Crippen LogP contribution in [0.25, 0.3) is 0 Å². The second kappa shape index (κ2) is 9.28. The van der Waals surface area contributed by atoms with Gasteiger partial charge in [-0.3, -0.25) is 25.0 Å². The SMILES string of the molecule is CC(C)(C)[Si](C)(C)OCCN(CCO)c1cc(C(N)=O)c([N+](=O)[O-])cc1[N+](=O)[O-]. The van der Waals surface area contributed by atoms with Crippen molar-refractivity contribution in [1.82, 2.24) is 0 Å². The number of carbonyl (C=O) groups is 1. The van der Waals surface area contributed by atoms with Crippen LogP contribution in [-0.4, -0.2) is 55.5 Å². The van der Waals surface area contributed by atoms with Gasteiger partial charge in [-0.15, -0.1) is 0 Å². The minimum atomic E-state index is -2.07. The molecule has 0 heterocycles. The van der Waals surface area contributed by atoms with Crippen LogP contribution in [0.15, 0.2) is 12.1 Å². The lowest BCUT2D eigenvalue weighted by molar-refractivity contribution is -0.393. The fourth-order valence-electron chi connectivity index (χ4n) is 2.41. The number of hydrogen-bond donors (Lipinski definition) is 2. The molecule has 0 fully saturated rings. The quantitative estimate of drug-likeness (QED) is 0.326. The molecule has 1 rings (SSSR count). The lowest BCUT2D eigenvalue weighted by Gasteiger charge is -2.37. The number of primary amides is 1.